The molecule has 27 heavy (non-hydrogen) atoms. The second-order valence-corrected chi connectivity index (χ2v) is 5.71. The zero-order valence-electron chi connectivity index (χ0n) is 13.6. The Hall–Kier alpha value is -3.07. The first-order chi connectivity index (χ1) is 12.7. The van der Waals surface area contributed by atoms with Gasteiger partial charge in [0.05, 0.1) is 12.1 Å². The highest BCUT2D eigenvalue weighted by Gasteiger charge is 2.30. The van der Waals surface area contributed by atoms with E-state index < -0.39 is 36.0 Å². The van der Waals surface area contributed by atoms with E-state index in [1.807, 2.05) is 0 Å². The highest BCUT2D eigenvalue weighted by Crippen LogP contribution is 2.29. The fraction of sp³-hybridized carbons (Fsp3) is 0.118. The van der Waals surface area contributed by atoms with E-state index in [0.29, 0.717) is 5.02 Å². The largest absolute Gasteiger partial charge is 0.416 e. The molecule has 0 fully saturated rings. The van der Waals surface area contributed by atoms with Crippen LogP contribution in [0.4, 0.5) is 13.2 Å². The molecular weight excluding hydrogens is 387 g/mol. The topological polar surface area (TPSA) is 87.3 Å². The Balaban J connectivity index is 1.81. The van der Waals surface area contributed by atoms with E-state index in [9.17, 15) is 27.6 Å². The Morgan fingerprint density at radius 1 is 0.889 bits per heavy atom. The van der Waals surface area contributed by atoms with Crippen molar-refractivity contribution in [1.29, 1.82) is 0 Å². The number of amides is 3. The standard InChI is InChI=1S/C17H13ClF3N3O3/c18-13-3-1-2-11(8-13)16(27)24-23-14(25)9-22-15(26)10-4-6-12(7-5-10)17(19,20)21/h1-8H,9H2,(H,22,26)(H,23,25)(H,24,27). The molecule has 3 amide bonds. The number of rotatable bonds is 4. The maximum Gasteiger partial charge on any atom is 0.416 e. The van der Waals surface area contributed by atoms with Gasteiger partial charge >= 0.3 is 6.18 Å². The highest BCUT2D eigenvalue weighted by molar-refractivity contribution is 6.30. The summed E-state index contributed by atoms with van der Waals surface area (Å²) in [6, 6.07) is 9.54. The number of alkyl halides is 3. The van der Waals surface area contributed by atoms with Gasteiger partial charge in [0, 0.05) is 16.1 Å². The fourth-order valence-corrected chi connectivity index (χ4v) is 2.14. The zero-order valence-corrected chi connectivity index (χ0v) is 14.3. The van der Waals surface area contributed by atoms with Gasteiger partial charge < -0.3 is 5.32 Å². The summed E-state index contributed by atoms with van der Waals surface area (Å²) in [5.74, 6) is -2.08. The lowest BCUT2D eigenvalue weighted by Crippen LogP contribution is -2.46. The summed E-state index contributed by atoms with van der Waals surface area (Å²) in [4.78, 5) is 35.3. The smallest absolute Gasteiger partial charge is 0.343 e. The van der Waals surface area contributed by atoms with Crippen LogP contribution in [0.1, 0.15) is 26.3 Å². The summed E-state index contributed by atoms with van der Waals surface area (Å²) in [7, 11) is 0. The molecule has 2 aromatic carbocycles. The third kappa shape index (κ3) is 6.00. The summed E-state index contributed by atoms with van der Waals surface area (Å²) in [5.41, 5.74) is 3.52. The Morgan fingerprint density at radius 3 is 2.15 bits per heavy atom. The first kappa shape index (κ1) is 20.2. The van der Waals surface area contributed by atoms with Crippen LogP contribution in [0.25, 0.3) is 0 Å². The zero-order chi connectivity index (χ0) is 20.0. The van der Waals surface area contributed by atoms with Crippen LogP contribution in [-0.2, 0) is 11.0 Å². The molecule has 0 radical (unpaired) electrons. The maximum atomic E-state index is 12.5. The third-order valence-corrected chi connectivity index (χ3v) is 3.52. The SMILES string of the molecule is O=C(CNC(=O)c1ccc(C(F)(F)F)cc1)NNC(=O)c1cccc(Cl)c1. The highest BCUT2D eigenvalue weighted by atomic mass is 35.5. The van der Waals surface area contributed by atoms with Crippen molar-refractivity contribution >= 4 is 29.3 Å². The quantitative estimate of drug-likeness (QED) is 0.690. The first-order valence-electron chi connectivity index (χ1n) is 7.47. The molecule has 3 N–H and O–H groups in total. The van der Waals surface area contributed by atoms with Crippen molar-refractivity contribution in [2.45, 2.75) is 6.18 Å². The van der Waals surface area contributed by atoms with E-state index >= 15 is 0 Å². The molecule has 142 valence electrons. The van der Waals surface area contributed by atoms with Crippen LogP contribution >= 0.6 is 11.6 Å². The summed E-state index contributed by atoms with van der Waals surface area (Å²) in [5, 5.41) is 2.57. The van der Waals surface area contributed by atoms with Crippen molar-refractivity contribution in [1.82, 2.24) is 16.2 Å². The molecule has 0 aliphatic heterocycles. The Kier molecular flexibility index (Phi) is 6.40. The normalized spacial score (nSPS) is 10.8. The van der Waals surface area contributed by atoms with Gasteiger partial charge in [0.1, 0.15) is 0 Å². The minimum absolute atomic E-state index is 0.0428. The average molecular weight is 400 g/mol. The van der Waals surface area contributed by atoms with Gasteiger partial charge in [0.2, 0.25) is 0 Å². The van der Waals surface area contributed by atoms with Crippen molar-refractivity contribution < 1.29 is 27.6 Å². The fourth-order valence-electron chi connectivity index (χ4n) is 1.95. The van der Waals surface area contributed by atoms with Gasteiger partial charge in [0.25, 0.3) is 17.7 Å². The molecule has 2 rings (SSSR count). The Labute approximate surface area is 156 Å². The number of carbonyl (C=O) groups excluding carboxylic acids is 3. The van der Waals surface area contributed by atoms with E-state index in [2.05, 4.69) is 16.2 Å². The molecule has 10 heteroatoms. The summed E-state index contributed by atoms with van der Waals surface area (Å²) >= 11 is 5.75. The predicted molar refractivity (Wildman–Crippen MR) is 90.8 cm³/mol. The predicted octanol–water partition coefficient (Wildman–Crippen LogP) is 2.55. The Morgan fingerprint density at radius 2 is 1.56 bits per heavy atom. The molecule has 0 aliphatic carbocycles. The summed E-state index contributed by atoms with van der Waals surface area (Å²) < 4.78 is 37.4. The minimum atomic E-state index is -4.50. The van der Waals surface area contributed by atoms with Crippen LogP contribution in [0.2, 0.25) is 5.02 Å². The average Bonchev–Trinajstić information content (AvgIpc) is 2.63. The molecular formula is C17H13ClF3N3O3. The van der Waals surface area contributed by atoms with E-state index in [-0.39, 0.29) is 11.1 Å². The van der Waals surface area contributed by atoms with Crippen LogP contribution in [-0.4, -0.2) is 24.3 Å². The number of benzene rings is 2. The van der Waals surface area contributed by atoms with E-state index in [1.165, 1.54) is 12.1 Å². The summed E-state index contributed by atoms with van der Waals surface area (Å²) in [6.45, 7) is -0.490. The Bertz CT molecular complexity index is 854. The molecule has 0 spiro atoms. The number of hydrogen-bond donors (Lipinski definition) is 3. The van der Waals surface area contributed by atoms with Gasteiger partial charge in [0.15, 0.2) is 0 Å². The second-order valence-electron chi connectivity index (χ2n) is 5.27. The molecule has 2 aromatic rings. The van der Waals surface area contributed by atoms with Crippen molar-refractivity contribution in [2.24, 2.45) is 0 Å². The summed E-state index contributed by atoms with van der Waals surface area (Å²) in [6.07, 6.45) is -4.50. The molecule has 0 aromatic heterocycles. The van der Waals surface area contributed by atoms with Gasteiger partial charge in [-0.3, -0.25) is 25.2 Å². The number of hydrogen-bond acceptors (Lipinski definition) is 3. The molecule has 0 bridgehead atoms. The van der Waals surface area contributed by atoms with Crippen molar-refractivity contribution in [2.75, 3.05) is 6.54 Å². The van der Waals surface area contributed by atoms with Crippen molar-refractivity contribution in [3.05, 3.63) is 70.2 Å². The molecule has 6 nitrogen and oxygen atoms in total. The van der Waals surface area contributed by atoms with E-state index in [1.54, 1.807) is 12.1 Å². The van der Waals surface area contributed by atoms with Gasteiger partial charge in [-0.2, -0.15) is 13.2 Å². The molecule has 0 aliphatic rings. The van der Waals surface area contributed by atoms with Gasteiger partial charge in [-0.05, 0) is 42.5 Å². The monoisotopic (exact) mass is 399 g/mol. The first-order valence-corrected chi connectivity index (χ1v) is 7.85. The van der Waals surface area contributed by atoms with Crippen molar-refractivity contribution in [3.63, 3.8) is 0 Å². The van der Waals surface area contributed by atoms with Crippen LogP contribution in [0, 0.1) is 0 Å². The lowest BCUT2D eigenvalue weighted by atomic mass is 10.1. The maximum absolute atomic E-state index is 12.5. The van der Waals surface area contributed by atoms with Gasteiger partial charge in [-0.1, -0.05) is 17.7 Å². The molecule has 0 saturated carbocycles. The van der Waals surface area contributed by atoms with Crippen LogP contribution in [0.5, 0.6) is 0 Å². The van der Waals surface area contributed by atoms with Crippen molar-refractivity contribution in [3.8, 4) is 0 Å². The lowest BCUT2D eigenvalue weighted by molar-refractivity contribution is -0.137. The van der Waals surface area contributed by atoms with E-state index in [0.717, 1.165) is 24.3 Å². The minimum Gasteiger partial charge on any atom is -0.343 e. The van der Waals surface area contributed by atoms with Crippen LogP contribution in [0.15, 0.2) is 48.5 Å². The number of halogens is 4. The van der Waals surface area contributed by atoms with Gasteiger partial charge in [-0.15, -0.1) is 0 Å². The lowest BCUT2D eigenvalue weighted by Gasteiger charge is -2.09. The second kappa shape index (κ2) is 8.54. The number of carbonyl (C=O) groups is 3. The number of nitrogens with one attached hydrogen (secondary N) is 3. The number of hydrazine groups is 1. The molecule has 0 saturated heterocycles. The van der Waals surface area contributed by atoms with E-state index in [4.69, 9.17) is 11.6 Å². The van der Waals surface area contributed by atoms with Crippen LogP contribution in [0.3, 0.4) is 0 Å². The molecule has 0 heterocycles. The van der Waals surface area contributed by atoms with Gasteiger partial charge in [-0.25, -0.2) is 0 Å². The third-order valence-electron chi connectivity index (χ3n) is 3.29. The van der Waals surface area contributed by atoms with Crippen LogP contribution < -0.4 is 16.2 Å². The molecule has 0 unspecified atom stereocenters. The molecule has 0 atom stereocenters.